The van der Waals surface area contributed by atoms with E-state index in [2.05, 4.69) is 21.9 Å². The van der Waals surface area contributed by atoms with Crippen LogP contribution in [0.2, 0.25) is 0 Å². The zero-order chi connectivity index (χ0) is 13.8. The molecule has 1 heterocycles. The summed E-state index contributed by atoms with van der Waals surface area (Å²) in [4.78, 5) is 16.6. The van der Waals surface area contributed by atoms with Gasteiger partial charge in [-0.3, -0.25) is 4.79 Å². The van der Waals surface area contributed by atoms with Crippen LogP contribution in [0, 0.1) is 6.92 Å². The summed E-state index contributed by atoms with van der Waals surface area (Å²) in [5.41, 5.74) is 1.54. The molecule has 5 heteroatoms. The van der Waals surface area contributed by atoms with Crippen LogP contribution < -0.4 is 10.6 Å². The Balaban J connectivity index is 2.09. The molecule has 2 N–H and O–H groups in total. The first-order chi connectivity index (χ1) is 9.13. The third-order valence-corrected chi connectivity index (χ3v) is 4.71. The van der Waals surface area contributed by atoms with Gasteiger partial charge in [0.05, 0.1) is 0 Å². The van der Waals surface area contributed by atoms with Gasteiger partial charge in [-0.05, 0) is 38.2 Å². The molecule has 1 aliphatic carbocycles. The number of anilines is 1. The number of nitrogens with zero attached hydrogens (tertiary/aromatic N) is 1. The molecule has 0 saturated heterocycles. The number of carbonyl (C=O) groups is 1. The summed E-state index contributed by atoms with van der Waals surface area (Å²) < 4.78 is 0. The zero-order valence-electron chi connectivity index (χ0n) is 11.7. The van der Waals surface area contributed by atoms with E-state index < -0.39 is 0 Å². The number of rotatable bonds is 4. The Kier molecular flexibility index (Phi) is 4.69. The van der Waals surface area contributed by atoms with E-state index >= 15 is 0 Å². The van der Waals surface area contributed by atoms with Gasteiger partial charge in [0.25, 0.3) is 5.91 Å². The van der Waals surface area contributed by atoms with Gasteiger partial charge in [0.1, 0.15) is 5.82 Å². The summed E-state index contributed by atoms with van der Waals surface area (Å²) in [7, 11) is 1.81. The lowest BCUT2D eigenvalue weighted by atomic mass is 10.1. The average molecular weight is 279 g/mol. The van der Waals surface area contributed by atoms with Gasteiger partial charge in [0.15, 0.2) is 0 Å². The molecule has 0 aromatic carbocycles. The van der Waals surface area contributed by atoms with E-state index in [1.165, 1.54) is 12.8 Å². The van der Waals surface area contributed by atoms with Crippen molar-refractivity contribution in [2.45, 2.75) is 37.5 Å². The Morgan fingerprint density at radius 1 is 1.42 bits per heavy atom. The van der Waals surface area contributed by atoms with Crippen molar-refractivity contribution in [3.8, 4) is 0 Å². The van der Waals surface area contributed by atoms with Crippen LogP contribution in [0.25, 0.3) is 0 Å². The van der Waals surface area contributed by atoms with E-state index in [9.17, 15) is 4.79 Å². The SMILES string of the molecule is CNc1cc(C(=O)NC2CCCC2SC)cc(C)n1. The van der Waals surface area contributed by atoms with Crippen LogP contribution in [-0.4, -0.2) is 35.5 Å². The first-order valence-corrected chi connectivity index (χ1v) is 7.93. The van der Waals surface area contributed by atoms with Gasteiger partial charge in [-0.25, -0.2) is 4.98 Å². The van der Waals surface area contributed by atoms with Crippen molar-refractivity contribution in [1.82, 2.24) is 10.3 Å². The minimum absolute atomic E-state index is 0.00736. The summed E-state index contributed by atoms with van der Waals surface area (Å²) in [6.07, 6.45) is 5.60. The molecule has 1 fully saturated rings. The van der Waals surface area contributed by atoms with Crippen molar-refractivity contribution in [1.29, 1.82) is 0 Å². The molecule has 0 radical (unpaired) electrons. The monoisotopic (exact) mass is 279 g/mol. The Hall–Kier alpha value is -1.23. The minimum atomic E-state index is 0.00736. The molecule has 2 rings (SSSR count). The van der Waals surface area contributed by atoms with Crippen LogP contribution in [0.3, 0.4) is 0 Å². The topological polar surface area (TPSA) is 54.0 Å². The fraction of sp³-hybridized carbons (Fsp3) is 0.571. The third kappa shape index (κ3) is 3.41. The number of hydrogen-bond acceptors (Lipinski definition) is 4. The van der Waals surface area contributed by atoms with E-state index in [0.717, 1.165) is 17.9 Å². The van der Waals surface area contributed by atoms with Crippen LogP contribution in [0.4, 0.5) is 5.82 Å². The Labute approximate surface area is 118 Å². The number of nitrogens with one attached hydrogen (secondary N) is 2. The fourth-order valence-corrected chi connectivity index (χ4v) is 3.49. The van der Waals surface area contributed by atoms with Gasteiger partial charge >= 0.3 is 0 Å². The molecule has 4 nitrogen and oxygen atoms in total. The molecular formula is C14H21N3OS. The number of aryl methyl sites for hydroxylation is 1. The van der Waals surface area contributed by atoms with Gasteiger partial charge in [-0.2, -0.15) is 11.8 Å². The summed E-state index contributed by atoms with van der Waals surface area (Å²) in [6.45, 7) is 1.90. The van der Waals surface area contributed by atoms with E-state index in [4.69, 9.17) is 0 Å². The van der Waals surface area contributed by atoms with Gasteiger partial charge in [-0.15, -0.1) is 0 Å². The highest BCUT2D eigenvalue weighted by Gasteiger charge is 2.28. The smallest absolute Gasteiger partial charge is 0.251 e. The van der Waals surface area contributed by atoms with Gasteiger partial charge < -0.3 is 10.6 Å². The highest BCUT2D eigenvalue weighted by atomic mass is 32.2. The minimum Gasteiger partial charge on any atom is -0.373 e. The molecule has 0 spiro atoms. The molecule has 0 aliphatic heterocycles. The molecular weight excluding hydrogens is 258 g/mol. The maximum atomic E-state index is 12.3. The normalized spacial score (nSPS) is 22.3. The van der Waals surface area contributed by atoms with Crippen LogP contribution in [0.5, 0.6) is 0 Å². The largest absolute Gasteiger partial charge is 0.373 e. The molecule has 1 saturated carbocycles. The predicted molar refractivity (Wildman–Crippen MR) is 80.9 cm³/mol. The van der Waals surface area contributed by atoms with E-state index in [1.807, 2.05) is 31.8 Å². The Bertz CT molecular complexity index is 464. The number of amides is 1. The Morgan fingerprint density at radius 2 is 2.21 bits per heavy atom. The second-order valence-electron chi connectivity index (χ2n) is 4.92. The van der Waals surface area contributed by atoms with Crippen molar-refractivity contribution in [3.05, 3.63) is 23.4 Å². The highest BCUT2D eigenvalue weighted by molar-refractivity contribution is 7.99. The van der Waals surface area contributed by atoms with Crippen LogP contribution in [0.1, 0.15) is 35.3 Å². The average Bonchev–Trinajstić information content (AvgIpc) is 2.85. The second kappa shape index (κ2) is 6.28. The van der Waals surface area contributed by atoms with Crippen molar-refractivity contribution >= 4 is 23.5 Å². The highest BCUT2D eigenvalue weighted by Crippen LogP contribution is 2.28. The molecule has 104 valence electrons. The van der Waals surface area contributed by atoms with Crippen LogP contribution in [0.15, 0.2) is 12.1 Å². The molecule has 1 aromatic heterocycles. The third-order valence-electron chi connectivity index (χ3n) is 3.54. The van der Waals surface area contributed by atoms with Crippen molar-refractivity contribution in [2.75, 3.05) is 18.6 Å². The molecule has 0 bridgehead atoms. The molecule has 2 unspecified atom stereocenters. The summed E-state index contributed by atoms with van der Waals surface area (Å²) in [5.74, 6) is 0.742. The molecule has 1 aliphatic rings. The van der Waals surface area contributed by atoms with Crippen molar-refractivity contribution in [3.63, 3.8) is 0 Å². The maximum Gasteiger partial charge on any atom is 0.251 e. The molecule has 1 amide bonds. The molecule has 2 atom stereocenters. The molecule has 19 heavy (non-hydrogen) atoms. The van der Waals surface area contributed by atoms with E-state index in [-0.39, 0.29) is 5.91 Å². The number of aromatic nitrogens is 1. The van der Waals surface area contributed by atoms with Crippen molar-refractivity contribution < 1.29 is 4.79 Å². The van der Waals surface area contributed by atoms with Crippen LogP contribution >= 0.6 is 11.8 Å². The summed E-state index contributed by atoms with van der Waals surface area (Å²) in [5, 5.41) is 6.69. The predicted octanol–water partition coefficient (Wildman–Crippen LogP) is 2.45. The van der Waals surface area contributed by atoms with Gasteiger partial charge in [0, 0.05) is 29.6 Å². The van der Waals surface area contributed by atoms with Crippen LogP contribution in [-0.2, 0) is 0 Å². The van der Waals surface area contributed by atoms with E-state index in [0.29, 0.717) is 16.9 Å². The second-order valence-corrected chi connectivity index (χ2v) is 5.99. The van der Waals surface area contributed by atoms with Crippen molar-refractivity contribution in [2.24, 2.45) is 0 Å². The number of thioether (sulfide) groups is 1. The number of carbonyl (C=O) groups excluding carboxylic acids is 1. The standard InChI is InChI=1S/C14H21N3OS/c1-9-7-10(8-13(15-2)16-9)14(18)17-11-5-4-6-12(11)19-3/h7-8,11-12H,4-6H2,1-3H3,(H,15,16)(H,17,18). The summed E-state index contributed by atoms with van der Waals surface area (Å²) in [6, 6.07) is 3.93. The molecule has 1 aromatic rings. The first-order valence-electron chi connectivity index (χ1n) is 6.64. The maximum absolute atomic E-state index is 12.3. The van der Waals surface area contributed by atoms with Gasteiger partial charge in [0.2, 0.25) is 0 Å². The lowest BCUT2D eigenvalue weighted by molar-refractivity contribution is 0.0938. The van der Waals surface area contributed by atoms with E-state index in [1.54, 1.807) is 6.07 Å². The number of pyridine rings is 1. The zero-order valence-corrected chi connectivity index (χ0v) is 12.5. The quantitative estimate of drug-likeness (QED) is 0.889. The first kappa shape index (κ1) is 14.2. The lowest BCUT2D eigenvalue weighted by Gasteiger charge is -2.19. The fourth-order valence-electron chi connectivity index (χ4n) is 2.55. The van der Waals surface area contributed by atoms with Gasteiger partial charge in [-0.1, -0.05) is 6.42 Å². The lowest BCUT2D eigenvalue weighted by Crippen LogP contribution is -2.38. The Morgan fingerprint density at radius 3 is 2.89 bits per heavy atom. The number of hydrogen-bond donors (Lipinski definition) is 2. The summed E-state index contributed by atoms with van der Waals surface area (Å²) >= 11 is 1.85.